The fourth-order valence-corrected chi connectivity index (χ4v) is 3.07. The molecule has 1 unspecified atom stereocenters. The summed E-state index contributed by atoms with van der Waals surface area (Å²) in [4.78, 5) is 38.8. The molecule has 0 bridgehead atoms. The topological polar surface area (TPSA) is 94.2 Å². The number of thioether (sulfide) groups is 1. The van der Waals surface area contributed by atoms with E-state index in [-0.39, 0.29) is 18.9 Å². The number of carbonyl (C=O) groups is 3. The third-order valence-corrected chi connectivity index (χ3v) is 4.71. The maximum absolute atomic E-state index is 12.3. The van der Waals surface area contributed by atoms with Gasteiger partial charge in [-0.05, 0) is 45.0 Å². The Kier molecular flexibility index (Phi) is 7.70. The Morgan fingerprint density at radius 2 is 1.93 bits per heavy atom. The lowest BCUT2D eigenvalue weighted by molar-refractivity contribution is -0.141. The molecule has 0 spiro atoms. The number of morpholine rings is 1. The molecule has 0 aromatic heterocycles. The van der Waals surface area contributed by atoms with E-state index in [1.165, 1.54) is 16.7 Å². The van der Waals surface area contributed by atoms with Crippen molar-refractivity contribution in [2.24, 2.45) is 0 Å². The molecule has 1 aromatic carbocycles. The van der Waals surface area contributed by atoms with Crippen molar-refractivity contribution in [2.75, 3.05) is 32.6 Å². The summed E-state index contributed by atoms with van der Waals surface area (Å²) in [5.41, 5.74) is -0.623. The Morgan fingerprint density at radius 3 is 2.54 bits per heavy atom. The summed E-state index contributed by atoms with van der Waals surface area (Å²) in [7, 11) is 1.58. The number of nitrogens with zero attached hydrogens (tertiary/aromatic N) is 1. The summed E-state index contributed by atoms with van der Waals surface area (Å²) in [5, 5.41) is 2.32. The maximum Gasteiger partial charge on any atom is 0.410 e. The van der Waals surface area contributed by atoms with Gasteiger partial charge < -0.3 is 19.1 Å². The molecule has 9 heteroatoms. The molecule has 1 aliphatic heterocycles. The van der Waals surface area contributed by atoms with E-state index in [1.54, 1.807) is 40.0 Å². The van der Waals surface area contributed by atoms with Crippen molar-refractivity contribution in [3.63, 3.8) is 0 Å². The van der Waals surface area contributed by atoms with Crippen molar-refractivity contribution in [3.05, 3.63) is 24.3 Å². The molecule has 2 rings (SSSR count). The standard InChI is InChI=1S/C19H26N2O6S/c1-19(2,3)27-18(24)21-9-10-26-15(11-21)17(23)20-16(22)12-28-14-7-5-13(25-4)6-8-14/h5-8,15H,9-12H2,1-4H3,(H,20,22,23). The van der Waals surface area contributed by atoms with Crippen molar-refractivity contribution in [2.45, 2.75) is 37.4 Å². The van der Waals surface area contributed by atoms with Crippen LogP contribution in [0.25, 0.3) is 0 Å². The normalized spacial score (nSPS) is 17.0. The number of methoxy groups -OCH3 is 1. The van der Waals surface area contributed by atoms with E-state index in [0.29, 0.717) is 6.54 Å². The number of benzene rings is 1. The summed E-state index contributed by atoms with van der Waals surface area (Å²) in [6.45, 7) is 5.89. The molecule has 1 heterocycles. The van der Waals surface area contributed by atoms with Crippen LogP contribution in [0.15, 0.2) is 29.2 Å². The first-order chi connectivity index (χ1) is 13.2. The van der Waals surface area contributed by atoms with Crippen LogP contribution in [0.3, 0.4) is 0 Å². The lowest BCUT2D eigenvalue weighted by Crippen LogP contribution is -2.53. The second-order valence-corrected chi connectivity index (χ2v) is 8.21. The second-order valence-electron chi connectivity index (χ2n) is 7.16. The molecule has 3 amide bonds. The predicted molar refractivity (Wildman–Crippen MR) is 104 cm³/mol. The van der Waals surface area contributed by atoms with E-state index in [1.807, 2.05) is 12.1 Å². The van der Waals surface area contributed by atoms with Crippen LogP contribution in [0.5, 0.6) is 5.75 Å². The zero-order valence-electron chi connectivity index (χ0n) is 16.5. The molecular weight excluding hydrogens is 384 g/mol. The predicted octanol–water partition coefficient (Wildman–Crippen LogP) is 2.07. The van der Waals surface area contributed by atoms with Crippen LogP contribution in [0.1, 0.15) is 20.8 Å². The molecule has 1 aromatic rings. The zero-order valence-corrected chi connectivity index (χ0v) is 17.3. The molecule has 8 nitrogen and oxygen atoms in total. The number of carbonyl (C=O) groups excluding carboxylic acids is 3. The van der Waals surface area contributed by atoms with Gasteiger partial charge in [0.1, 0.15) is 11.4 Å². The first kappa shape index (κ1) is 22.0. The van der Waals surface area contributed by atoms with Crippen LogP contribution in [0, 0.1) is 0 Å². The van der Waals surface area contributed by atoms with Gasteiger partial charge in [0.25, 0.3) is 5.91 Å². The van der Waals surface area contributed by atoms with Crippen LogP contribution in [-0.4, -0.2) is 67.1 Å². The fourth-order valence-electron chi connectivity index (χ4n) is 2.38. The molecule has 1 aliphatic rings. The van der Waals surface area contributed by atoms with E-state index in [2.05, 4.69) is 5.32 Å². The number of rotatable bonds is 5. The average Bonchev–Trinajstić information content (AvgIpc) is 2.65. The number of ether oxygens (including phenoxy) is 3. The number of hydrogen-bond donors (Lipinski definition) is 1. The molecular formula is C19H26N2O6S. The lowest BCUT2D eigenvalue weighted by atomic mass is 10.2. The van der Waals surface area contributed by atoms with E-state index < -0.39 is 29.6 Å². The van der Waals surface area contributed by atoms with Crippen molar-refractivity contribution in [1.82, 2.24) is 10.2 Å². The Bertz CT molecular complexity index is 701. The average molecular weight is 410 g/mol. The van der Waals surface area contributed by atoms with Crippen LogP contribution >= 0.6 is 11.8 Å². The summed E-state index contributed by atoms with van der Waals surface area (Å²) in [6.07, 6.45) is -1.41. The van der Waals surface area contributed by atoms with Crippen molar-refractivity contribution >= 4 is 29.7 Å². The molecule has 1 saturated heterocycles. The molecule has 0 radical (unpaired) electrons. The highest BCUT2D eigenvalue weighted by atomic mass is 32.2. The molecule has 28 heavy (non-hydrogen) atoms. The Balaban J connectivity index is 1.80. The SMILES string of the molecule is COc1ccc(SCC(=O)NC(=O)C2CN(C(=O)OC(C)(C)C)CCO2)cc1. The smallest absolute Gasteiger partial charge is 0.410 e. The lowest BCUT2D eigenvalue weighted by Gasteiger charge is -2.33. The molecule has 1 atom stereocenters. The van der Waals surface area contributed by atoms with Gasteiger partial charge in [0.05, 0.1) is 26.0 Å². The first-order valence-electron chi connectivity index (χ1n) is 8.88. The van der Waals surface area contributed by atoms with Gasteiger partial charge in [0.2, 0.25) is 5.91 Å². The van der Waals surface area contributed by atoms with Crippen molar-refractivity contribution < 1.29 is 28.6 Å². The van der Waals surface area contributed by atoms with Gasteiger partial charge in [0, 0.05) is 11.4 Å². The van der Waals surface area contributed by atoms with E-state index >= 15 is 0 Å². The Hall–Kier alpha value is -2.26. The minimum absolute atomic E-state index is 0.0413. The van der Waals surface area contributed by atoms with Gasteiger partial charge in [0.15, 0.2) is 6.10 Å². The summed E-state index contributed by atoms with van der Waals surface area (Å²) < 4.78 is 15.8. The largest absolute Gasteiger partial charge is 0.497 e. The molecule has 0 aliphatic carbocycles. The monoisotopic (exact) mass is 410 g/mol. The van der Waals surface area contributed by atoms with Crippen LogP contribution in [0.4, 0.5) is 4.79 Å². The van der Waals surface area contributed by atoms with Crippen molar-refractivity contribution in [1.29, 1.82) is 0 Å². The number of imide groups is 1. The van der Waals surface area contributed by atoms with Crippen LogP contribution in [-0.2, 0) is 19.1 Å². The zero-order chi connectivity index (χ0) is 20.7. The number of nitrogens with one attached hydrogen (secondary N) is 1. The first-order valence-corrected chi connectivity index (χ1v) is 9.86. The van der Waals surface area contributed by atoms with Gasteiger partial charge in [-0.1, -0.05) is 0 Å². The Morgan fingerprint density at radius 1 is 1.25 bits per heavy atom. The minimum Gasteiger partial charge on any atom is -0.497 e. The maximum atomic E-state index is 12.3. The van der Waals surface area contributed by atoms with Crippen LogP contribution in [0.2, 0.25) is 0 Å². The third-order valence-electron chi connectivity index (χ3n) is 3.70. The van der Waals surface area contributed by atoms with Crippen LogP contribution < -0.4 is 10.1 Å². The highest BCUT2D eigenvalue weighted by Gasteiger charge is 2.32. The second kappa shape index (κ2) is 9.79. The fraction of sp³-hybridized carbons (Fsp3) is 0.526. The molecule has 0 saturated carbocycles. The highest BCUT2D eigenvalue weighted by Crippen LogP contribution is 2.21. The summed E-state index contributed by atoms with van der Waals surface area (Å²) >= 11 is 1.30. The molecule has 1 fully saturated rings. The van der Waals surface area contributed by atoms with Gasteiger partial charge in [-0.2, -0.15) is 0 Å². The third kappa shape index (κ3) is 7.05. The molecule has 154 valence electrons. The Labute approximate surface area is 168 Å². The van der Waals surface area contributed by atoms with Gasteiger partial charge in [-0.3, -0.25) is 14.9 Å². The minimum atomic E-state index is -0.906. The highest BCUT2D eigenvalue weighted by molar-refractivity contribution is 8.00. The van der Waals surface area contributed by atoms with E-state index in [9.17, 15) is 14.4 Å². The van der Waals surface area contributed by atoms with Gasteiger partial charge in [-0.15, -0.1) is 11.8 Å². The number of hydrogen-bond acceptors (Lipinski definition) is 7. The van der Waals surface area contributed by atoms with E-state index in [0.717, 1.165) is 10.6 Å². The quantitative estimate of drug-likeness (QED) is 0.743. The number of amides is 3. The van der Waals surface area contributed by atoms with Gasteiger partial charge in [-0.25, -0.2) is 4.79 Å². The van der Waals surface area contributed by atoms with Gasteiger partial charge >= 0.3 is 6.09 Å². The van der Waals surface area contributed by atoms with E-state index in [4.69, 9.17) is 14.2 Å². The summed E-state index contributed by atoms with van der Waals surface area (Å²) in [5.74, 6) is -0.175. The molecule has 1 N–H and O–H groups in total. The van der Waals surface area contributed by atoms with Crippen molar-refractivity contribution in [3.8, 4) is 5.75 Å². The summed E-state index contributed by atoms with van der Waals surface area (Å²) in [6, 6.07) is 7.27.